The summed E-state index contributed by atoms with van der Waals surface area (Å²) in [5, 5.41) is 32.5. The first-order chi connectivity index (χ1) is 8.95. The maximum absolute atomic E-state index is 10.9. The SMILES string of the molecule is CCC(O)(CC)CNc1ncc(C#N)cc1[N+](=O)[O-]. The van der Waals surface area contributed by atoms with Gasteiger partial charge in [-0.3, -0.25) is 10.1 Å². The lowest BCUT2D eigenvalue weighted by Crippen LogP contribution is -2.35. The molecule has 19 heavy (non-hydrogen) atoms. The summed E-state index contributed by atoms with van der Waals surface area (Å²) >= 11 is 0. The van der Waals surface area contributed by atoms with Crippen molar-refractivity contribution in [3.05, 3.63) is 27.9 Å². The third-order valence-corrected chi connectivity index (χ3v) is 3.09. The zero-order valence-corrected chi connectivity index (χ0v) is 10.9. The molecule has 0 aliphatic rings. The summed E-state index contributed by atoms with van der Waals surface area (Å²) in [5.41, 5.74) is -1.07. The molecule has 0 amide bonds. The zero-order chi connectivity index (χ0) is 14.5. The van der Waals surface area contributed by atoms with E-state index in [1.165, 1.54) is 6.20 Å². The molecule has 1 rings (SSSR count). The second kappa shape index (κ2) is 6.11. The molecule has 1 heterocycles. The standard InChI is InChI=1S/C12H16N4O3/c1-3-12(17,4-2)8-15-11-10(16(18)19)5-9(6-13)7-14-11/h5,7,17H,3-4,8H2,1-2H3,(H,14,15). The number of hydrogen-bond donors (Lipinski definition) is 2. The number of rotatable bonds is 6. The monoisotopic (exact) mass is 264 g/mol. The summed E-state index contributed by atoms with van der Waals surface area (Å²) < 4.78 is 0. The van der Waals surface area contributed by atoms with Gasteiger partial charge in [0.25, 0.3) is 0 Å². The molecule has 2 N–H and O–H groups in total. The second-order valence-electron chi connectivity index (χ2n) is 4.25. The van der Waals surface area contributed by atoms with Crippen molar-refractivity contribution in [2.45, 2.75) is 32.3 Å². The Hall–Kier alpha value is -2.20. The van der Waals surface area contributed by atoms with Crippen molar-refractivity contribution in [1.82, 2.24) is 4.98 Å². The molecule has 0 saturated carbocycles. The summed E-state index contributed by atoms with van der Waals surface area (Å²) in [5.74, 6) is 0.0596. The van der Waals surface area contributed by atoms with Gasteiger partial charge in [-0.25, -0.2) is 4.98 Å². The van der Waals surface area contributed by atoms with Crippen LogP contribution >= 0.6 is 0 Å². The molecular formula is C12H16N4O3. The first kappa shape index (κ1) is 14.9. The lowest BCUT2D eigenvalue weighted by Gasteiger charge is -2.25. The van der Waals surface area contributed by atoms with E-state index in [2.05, 4.69) is 10.3 Å². The third kappa shape index (κ3) is 3.63. The number of hydrogen-bond acceptors (Lipinski definition) is 6. The van der Waals surface area contributed by atoms with E-state index in [1.54, 1.807) is 6.07 Å². The third-order valence-electron chi connectivity index (χ3n) is 3.09. The molecule has 0 bridgehead atoms. The molecule has 7 heteroatoms. The van der Waals surface area contributed by atoms with E-state index >= 15 is 0 Å². The van der Waals surface area contributed by atoms with Gasteiger partial charge < -0.3 is 10.4 Å². The fraction of sp³-hybridized carbons (Fsp3) is 0.500. The van der Waals surface area contributed by atoms with Crippen LogP contribution in [0, 0.1) is 21.4 Å². The molecule has 1 aromatic rings. The minimum atomic E-state index is -0.927. The van der Waals surface area contributed by atoms with Crippen molar-refractivity contribution >= 4 is 11.5 Å². The number of anilines is 1. The van der Waals surface area contributed by atoms with Crippen molar-refractivity contribution in [3.8, 4) is 6.07 Å². The van der Waals surface area contributed by atoms with Crippen molar-refractivity contribution in [1.29, 1.82) is 5.26 Å². The second-order valence-corrected chi connectivity index (χ2v) is 4.25. The lowest BCUT2D eigenvalue weighted by molar-refractivity contribution is -0.384. The van der Waals surface area contributed by atoms with E-state index in [1.807, 2.05) is 13.8 Å². The van der Waals surface area contributed by atoms with Crippen molar-refractivity contribution in [3.63, 3.8) is 0 Å². The molecule has 0 aliphatic heterocycles. The number of pyridine rings is 1. The Morgan fingerprint density at radius 2 is 2.21 bits per heavy atom. The first-order valence-corrected chi connectivity index (χ1v) is 5.96. The van der Waals surface area contributed by atoms with Gasteiger partial charge in [-0.05, 0) is 12.8 Å². The Morgan fingerprint density at radius 1 is 1.58 bits per heavy atom. The minimum absolute atomic E-state index is 0.0596. The summed E-state index contributed by atoms with van der Waals surface area (Å²) in [7, 11) is 0. The quantitative estimate of drug-likeness (QED) is 0.598. The van der Waals surface area contributed by atoms with Crippen LogP contribution in [0.5, 0.6) is 0 Å². The molecule has 0 radical (unpaired) electrons. The predicted octanol–water partition coefficient (Wildman–Crippen LogP) is 1.82. The molecule has 0 aromatic carbocycles. The summed E-state index contributed by atoms with van der Waals surface area (Å²) in [6.07, 6.45) is 2.31. The van der Waals surface area contributed by atoms with Crippen molar-refractivity contribution < 1.29 is 10.0 Å². The van der Waals surface area contributed by atoms with Crippen LogP contribution in [0.15, 0.2) is 12.3 Å². The summed E-state index contributed by atoms with van der Waals surface area (Å²) in [6, 6.07) is 2.96. The highest BCUT2D eigenvalue weighted by molar-refractivity contribution is 5.58. The molecule has 102 valence electrons. The Labute approximate surface area is 111 Å². The Kier molecular flexibility index (Phi) is 4.78. The Bertz CT molecular complexity index is 506. The molecule has 0 aliphatic carbocycles. The fourth-order valence-corrected chi connectivity index (χ4v) is 1.54. The van der Waals surface area contributed by atoms with Gasteiger partial charge in [0.15, 0.2) is 0 Å². The molecule has 0 unspecified atom stereocenters. The highest BCUT2D eigenvalue weighted by atomic mass is 16.6. The number of nitrogens with one attached hydrogen (secondary N) is 1. The molecular weight excluding hydrogens is 248 g/mol. The van der Waals surface area contributed by atoms with E-state index in [4.69, 9.17) is 5.26 Å². The van der Waals surface area contributed by atoms with Crippen LogP contribution in [-0.4, -0.2) is 27.2 Å². The van der Waals surface area contributed by atoms with Crippen LogP contribution in [0.1, 0.15) is 32.3 Å². The van der Waals surface area contributed by atoms with Crippen LogP contribution in [-0.2, 0) is 0 Å². The number of nitro groups is 1. The van der Waals surface area contributed by atoms with E-state index in [0.717, 1.165) is 6.07 Å². The van der Waals surface area contributed by atoms with Crippen LogP contribution in [0.3, 0.4) is 0 Å². The number of nitrogens with zero attached hydrogens (tertiary/aromatic N) is 3. The fourth-order valence-electron chi connectivity index (χ4n) is 1.54. The van der Waals surface area contributed by atoms with Gasteiger partial charge in [0, 0.05) is 18.8 Å². The maximum Gasteiger partial charge on any atom is 0.312 e. The number of nitriles is 1. The van der Waals surface area contributed by atoms with E-state index < -0.39 is 10.5 Å². The van der Waals surface area contributed by atoms with E-state index in [9.17, 15) is 15.2 Å². The Morgan fingerprint density at radius 3 is 2.68 bits per heavy atom. The molecule has 0 spiro atoms. The van der Waals surface area contributed by atoms with Gasteiger partial charge in [-0.15, -0.1) is 0 Å². The molecule has 0 fully saturated rings. The van der Waals surface area contributed by atoms with Gasteiger partial charge in [-0.1, -0.05) is 13.8 Å². The minimum Gasteiger partial charge on any atom is -0.388 e. The van der Waals surface area contributed by atoms with Gasteiger partial charge in [0.05, 0.1) is 16.1 Å². The van der Waals surface area contributed by atoms with Crippen molar-refractivity contribution in [2.75, 3.05) is 11.9 Å². The van der Waals surface area contributed by atoms with Crippen LogP contribution < -0.4 is 5.32 Å². The van der Waals surface area contributed by atoms with Gasteiger partial charge >= 0.3 is 5.69 Å². The van der Waals surface area contributed by atoms with Gasteiger partial charge in [0.1, 0.15) is 6.07 Å². The summed E-state index contributed by atoms with van der Waals surface area (Å²) in [6.45, 7) is 3.84. The molecule has 0 atom stereocenters. The zero-order valence-electron chi connectivity index (χ0n) is 10.9. The predicted molar refractivity (Wildman–Crippen MR) is 69.6 cm³/mol. The molecule has 1 aromatic heterocycles. The number of aromatic nitrogens is 1. The molecule has 0 saturated heterocycles. The normalized spacial score (nSPS) is 10.8. The first-order valence-electron chi connectivity index (χ1n) is 5.96. The smallest absolute Gasteiger partial charge is 0.312 e. The van der Waals surface area contributed by atoms with E-state index in [0.29, 0.717) is 12.8 Å². The highest BCUT2D eigenvalue weighted by Crippen LogP contribution is 2.24. The topological polar surface area (TPSA) is 112 Å². The van der Waals surface area contributed by atoms with Gasteiger partial charge in [0.2, 0.25) is 5.82 Å². The van der Waals surface area contributed by atoms with Crippen LogP contribution in [0.25, 0.3) is 0 Å². The number of aliphatic hydroxyl groups is 1. The Balaban J connectivity index is 2.96. The largest absolute Gasteiger partial charge is 0.388 e. The van der Waals surface area contributed by atoms with Crippen molar-refractivity contribution in [2.24, 2.45) is 0 Å². The average Bonchev–Trinajstić information content (AvgIpc) is 2.44. The lowest BCUT2D eigenvalue weighted by atomic mass is 9.98. The maximum atomic E-state index is 10.9. The van der Waals surface area contributed by atoms with Gasteiger partial charge in [-0.2, -0.15) is 5.26 Å². The van der Waals surface area contributed by atoms with E-state index in [-0.39, 0.29) is 23.6 Å². The van der Waals surface area contributed by atoms with Crippen LogP contribution in [0.2, 0.25) is 0 Å². The highest BCUT2D eigenvalue weighted by Gasteiger charge is 2.24. The average molecular weight is 264 g/mol. The van der Waals surface area contributed by atoms with Crippen LogP contribution in [0.4, 0.5) is 11.5 Å². The molecule has 7 nitrogen and oxygen atoms in total. The summed E-state index contributed by atoms with van der Waals surface area (Å²) in [4.78, 5) is 14.2.